The Morgan fingerprint density at radius 2 is 2.16 bits per heavy atom. The van der Waals surface area contributed by atoms with Crippen molar-refractivity contribution < 1.29 is 22.6 Å². The Labute approximate surface area is 142 Å². The molecule has 1 saturated heterocycles. The summed E-state index contributed by atoms with van der Waals surface area (Å²) >= 11 is 0. The van der Waals surface area contributed by atoms with Crippen LogP contribution in [0.25, 0.3) is 0 Å². The van der Waals surface area contributed by atoms with Crippen LogP contribution in [0.1, 0.15) is 11.5 Å². The molecular weight excluding hydrogens is 339 g/mol. The van der Waals surface area contributed by atoms with Crippen LogP contribution in [-0.4, -0.2) is 56.8 Å². The number of imidazole rings is 1. The molecule has 0 aromatic carbocycles. The number of morpholine rings is 1. The molecule has 0 saturated carbocycles. The predicted molar refractivity (Wildman–Crippen MR) is 80.8 cm³/mol. The Hall–Kier alpha value is -2.20. The highest BCUT2D eigenvalue weighted by molar-refractivity contribution is 5.08. The summed E-state index contributed by atoms with van der Waals surface area (Å²) in [7, 11) is 1.92. The smallest absolute Gasteiger partial charge is 0.433 e. The summed E-state index contributed by atoms with van der Waals surface area (Å²) in [6.07, 6.45) is -0.156. The van der Waals surface area contributed by atoms with E-state index in [1.807, 2.05) is 17.8 Å². The van der Waals surface area contributed by atoms with Gasteiger partial charge in [-0.1, -0.05) is 0 Å². The summed E-state index contributed by atoms with van der Waals surface area (Å²) in [5.74, 6) is 0.933. The Morgan fingerprint density at radius 3 is 2.88 bits per heavy atom. The first kappa shape index (κ1) is 17.6. The van der Waals surface area contributed by atoms with Crippen LogP contribution < -0.4 is 4.74 Å². The van der Waals surface area contributed by atoms with E-state index in [0.29, 0.717) is 19.7 Å². The summed E-state index contributed by atoms with van der Waals surface area (Å²) in [5, 5.41) is 0. The van der Waals surface area contributed by atoms with Gasteiger partial charge >= 0.3 is 12.2 Å². The molecule has 1 unspecified atom stereocenters. The second-order valence-corrected chi connectivity index (χ2v) is 5.72. The maximum atomic E-state index is 12.6. The minimum Gasteiger partial charge on any atom is -0.461 e. The van der Waals surface area contributed by atoms with Crippen LogP contribution in [0.5, 0.6) is 6.01 Å². The highest BCUT2D eigenvalue weighted by Crippen LogP contribution is 2.27. The molecule has 25 heavy (non-hydrogen) atoms. The molecule has 1 fully saturated rings. The normalized spacial score (nSPS) is 19.1. The number of aromatic nitrogens is 4. The van der Waals surface area contributed by atoms with Crippen LogP contribution in [0.3, 0.4) is 0 Å². The maximum absolute atomic E-state index is 12.6. The lowest BCUT2D eigenvalue weighted by molar-refractivity contribution is -0.141. The molecule has 1 aliphatic heterocycles. The summed E-state index contributed by atoms with van der Waals surface area (Å²) in [5.41, 5.74) is -1.03. The molecule has 0 spiro atoms. The van der Waals surface area contributed by atoms with Crippen LogP contribution in [0.2, 0.25) is 0 Å². The van der Waals surface area contributed by atoms with E-state index in [4.69, 9.17) is 9.47 Å². The van der Waals surface area contributed by atoms with Gasteiger partial charge < -0.3 is 14.0 Å². The van der Waals surface area contributed by atoms with E-state index in [1.54, 1.807) is 6.20 Å². The van der Waals surface area contributed by atoms with Crippen molar-refractivity contribution >= 4 is 0 Å². The average Bonchev–Trinajstić information content (AvgIpc) is 2.98. The largest absolute Gasteiger partial charge is 0.461 e. The van der Waals surface area contributed by atoms with Crippen LogP contribution in [-0.2, 0) is 24.5 Å². The fraction of sp³-hybridized carbons (Fsp3) is 0.533. The first-order valence-corrected chi connectivity index (χ1v) is 7.75. The number of halogens is 3. The predicted octanol–water partition coefficient (Wildman–Crippen LogP) is 1.51. The quantitative estimate of drug-likeness (QED) is 0.808. The first-order valence-electron chi connectivity index (χ1n) is 7.75. The van der Waals surface area contributed by atoms with Gasteiger partial charge in [-0.25, -0.2) is 9.97 Å². The van der Waals surface area contributed by atoms with E-state index in [1.165, 1.54) is 0 Å². The lowest BCUT2D eigenvalue weighted by atomic mass is 10.3. The van der Waals surface area contributed by atoms with Crippen molar-refractivity contribution in [3.05, 3.63) is 36.2 Å². The van der Waals surface area contributed by atoms with Crippen LogP contribution in [0.4, 0.5) is 13.2 Å². The monoisotopic (exact) mass is 357 g/mol. The average molecular weight is 357 g/mol. The Morgan fingerprint density at radius 1 is 1.32 bits per heavy atom. The SMILES string of the molecule is Cn1ccnc1CN1CCOC(COc2nccc(C(F)(F)F)n2)C1. The number of aryl methyl sites for hydroxylation is 1. The number of alkyl halides is 3. The van der Waals surface area contributed by atoms with E-state index in [0.717, 1.165) is 24.6 Å². The standard InChI is InChI=1S/C15H18F3N5O2/c1-22-5-4-19-13(22)9-23-6-7-24-11(8-23)10-25-14-20-3-2-12(21-14)15(16,17)18/h2-5,11H,6-10H2,1H3. The summed E-state index contributed by atoms with van der Waals surface area (Å²) in [4.78, 5) is 13.5. The third-order valence-corrected chi connectivity index (χ3v) is 3.83. The van der Waals surface area contributed by atoms with Crippen molar-refractivity contribution in [3.63, 3.8) is 0 Å². The summed E-state index contributed by atoms with van der Waals surface area (Å²) < 4.78 is 50.8. The van der Waals surface area contributed by atoms with Crippen molar-refractivity contribution in [2.45, 2.75) is 18.8 Å². The molecule has 3 heterocycles. The van der Waals surface area contributed by atoms with Crippen LogP contribution in [0, 0.1) is 0 Å². The van der Waals surface area contributed by atoms with Gasteiger partial charge in [-0.15, -0.1) is 0 Å². The van der Waals surface area contributed by atoms with E-state index >= 15 is 0 Å². The number of nitrogens with zero attached hydrogens (tertiary/aromatic N) is 5. The molecule has 2 aromatic heterocycles. The highest BCUT2D eigenvalue weighted by atomic mass is 19.4. The fourth-order valence-corrected chi connectivity index (χ4v) is 2.51. The minimum absolute atomic E-state index is 0.0817. The number of rotatable bonds is 5. The lowest BCUT2D eigenvalue weighted by Gasteiger charge is -2.32. The van der Waals surface area contributed by atoms with Gasteiger partial charge in [-0.2, -0.15) is 18.2 Å². The zero-order chi connectivity index (χ0) is 17.9. The molecule has 3 rings (SSSR count). The Bertz CT molecular complexity index is 706. The Balaban J connectivity index is 1.54. The van der Waals surface area contributed by atoms with Crippen molar-refractivity contribution in [2.75, 3.05) is 26.3 Å². The molecule has 1 atom stereocenters. The molecule has 0 bridgehead atoms. The molecule has 2 aromatic rings. The minimum atomic E-state index is -4.53. The van der Waals surface area contributed by atoms with Gasteiger partial charge in [0, 0.05) is 38.7 Å². The van der Waals surface area contributed by atoms with E-state index in [2.05, 4.69) is 19.9 Å². The van der Waals surface area contributed by atoms with Gasteiger partial charge in [0.2, 0.25) is 0 Å². The maximum Gasteiger partial charge on any atom is 0.433 e. The lowest BCUT2D eigenvalue weighted by Crippen LogP contribution is -2.44. The molecular formula is C15H18F3N5O2. The molecule has 0 radical (unpaired) electrons. The third kappa shape index (κ3) is 4.67. The molecule has 0 aliphatic carbocycles. The van der Waals surface area contributed by atoms with E-state index in [-0.39, 0.29) is 18.7 Å². The first-order chi connectivity index (χ1) is 11.9. The zero-order valence-corrected chi connectivity index (χ0v) is 13.6. The van der Waals surface area contributed by atoms with Crippen LogP contribution in [0.15, 0.2) is 24.7 Å². The molecule has 0 N–H and O–H groups in total. The van der Waals surface area contributed by atoms with E-state index < -0.39 is 11.9 Å². The van der Waals surface area contributed by atoms with Gasteiger partial charge in [0.1, 0.15) is 18.5 Å². The number of ether oxygens (including phenoxy) is 2. The van der Waals surface area contributed by atoms with Crippen molar-refractivity contribution in [2.24, 2.45) is 7.05 Å². The van der Waals surface area contributed by atoms with Crippen molar-refractivity contribution in [1.82, 2.24) is 24.4 Å². The van der Waals surface area contributed by atoms with Gasteiger partial charge in [0.05, 0.1) is 13.2 Å². The van der Waals surface area contributed by atoms with Gasteiger partial charge in [-0.05, 0) is 6.07 Å². The Kier molecular flexibility index (Phi) is 5.19. The fourth-order valence-electron chi connectivity index (χ4n) is 2.51. The van der Waals surface area contributed by atoms with Crippen molar-refractivity contribution in [1.29, 1.82) is 0 Å². The molecule has 136 valence electrons. The topological polar surface area (TPSA) is 65.3 Å². The van der Waals surface area contributed by atoms with Gasteiger partial charge in [0.15, 0.2) is 5.69 Å². The highest BCUT2D eigenvalue weighted by Gasteiger charge is 2.33. The second-order valence-electron chi connectivity index (χ2n) is 5.72. The second kappa shape index (κ2) is 7.36. The molecule has 0 amide bonds. The molecule has 7 nitrogen and oxygen atoms in total. The van der Waals surface area contributed by atoms with Crippen molar-refractivity contribution in [3.8, 4) is 6.01 Å². The summed E-state index contributed by atoms with van der Waals surface area (Å²) in [6, 6.07) is 0.498. The van der Waals surface area contributed by atoms with Gasteiger partial charge in [-0.3, -0.25) is 4.90 Å². The molecule has 10 heteroatoms. The number of hydrogen-bond acceptors (Lipinski definition) is 6. The molecule has 1 aliphatic rings. The zero-order valence-electron chi connectivity index (χ0n) is 13.6. The summed E-state index contributed by atoms with van der Waals surface area (Å²) in [6.45, 7) is 2.61. The number of hydrogen-bond donors (Lipinski definition) is 0. The van der Waals surface area contributed by atoms with Gasteiger partial charge in [0.25, 0.3) is 0 Å². The van der Waals surface area contributed by atoms with Crippen LogP contribution >= 0.6 is 0 Å². The third-order valence-electron chi connectivity index (χ3n) is 3.83. The van der Waals surface area contributed by atoms with E-state index in [9.17, 15) is 13.2 Å².